The van der Waals surface area contributed by atoms with E-state index in [0.717, 1.165) is 24.8 Å². The highest BCUT2D eigenvalue weighted by molar-refractivity contribution is 5.12. The second-order valence-electron chi connectivity index (χ2n) is 2.72. The molecule has 2 heteroatoms. The van der Waals surface area contributed by atoms with Crippen LogP contribution >= 0.6 is 0 Å². The predicted octanol–water partition coefficient (Wildman–Crippen LogP) is 0.698. The average molecular weight is 142 g/mol. The van der Waals surface area contributed by atoms with Crippen LogP contribution in [0.4, 0.5) is 0 Å². The molecule has 0 radical (unpaired) electrons. The second-order valence-corrected chi connectivity index (χ2v) is 2.72. The van der Waals surface area contributed by atoms with Crippen molar-refractivity contribution in [2.45, 2.75) is 19.3 Å². The maximum atomic E-state index is 8.81. The molecule has 0 saturated carbocycles. The standard InChI is InChI=1S/C8H14O2/c9-5-4-7-2-1-3-8(7)6-10/h3,7,9-10H,1-2,4-6H2/t7-/m0/s1. The second kappa shape index (κ2) is 3.74. The maximum absolute atomic E-state index is 8.81. The molecule has 1 rings (SSSR count). The molecule has 1 aliphatic rings. The molecule has 1 aliphatic carbocycles. The Balaban J connectivity index is 2.38. The van der Waals surface area contributed by atoms with Crippen molar-refractivity contribution in [3.63, 3.8) is 0 Å². The summed E-state index contributed by atoms with van der Waals surface area (Å²) in [5.41, 5.74) is 1.12. The van der Waals surface area contributed by atoms with Crippen LogP contribution in [0.3, 0.4) is 0 Å². The van der Waals surface area contributed by atoms with Crippen molar-refractivity contribution in [3.8, 4) is 0 Å². The van der Waals surface area contributed by atoms with Gasteiger partial charge in [-0.1, -0.05) is 6.08 Å². The number of rotatable bonds is 3. The molecule has 58 valence electrons. The Kier molecular flexibility index (Phi) is 2.90. The van der Waals surface area contributed by atoms with E-state index in [1.807, 2.05) is 0 Å². The molecule has 1 atom stereocenters. The van der Waals surface area contributed by atoms with E-state index >= 15 is 0 Å². The first-order chi connectivity index (χ1) is 4.88. The third-order valence-corrected chi connectivity index (χ3v) is 2.11. The van der Waals surface area contributed by atoms with E-state index in [0.29, 0.717) is 5.92 Å². The molecule has 0 spiro atoms. The summed E-state index contributed by atoms with van der Waals surface area (Å²) in [6.45, 7) is 0.409. The number of aliphatic hydroxyl groups is 2. The smallest absolute Gasteiger partial charge is 0.0644 e. The van der Waals surface area contributed by atoms with Crippen LogP contribution in [0.15, 0.2) is 11.6 Å². The zero-order valence-electron chi connectivity index (χ0n) is 6.08. The predicted molar refractivity (Wildman–Crippen MR) is 39.6 cm³/mol. The average Bonchev–Trinajstić information content (AvgIpc) is 2.36. The van der Waals surface area contributed by atoms with Crippen LogP contribution in [0.25, 0.3) is 0 Å². The number of aliphatic hydroxyl groups excluding tert-OH is 2. The first-order valence-corrected chi connectivity index (χ1v) is 3.79. The van der Waals surface area contributed by atoms with Crippen LogP contribution in [0.1, 0.15) is 19.3 Å². The molecule has 0 saturated heterocycles. The van der Waals surface area contributed by atoms with E-state index in [1.165, 1.54) is 0 Å². The molecule has 0 amide bonds. The van der Waals surface area contributed by atoms with E-state index < -0.39 is 0 Å². The Morgan fingerprint density at radius 2 is 2.30 bits per heavy atom. The molecular formula is C8H14O2. The topological polar surface area (TPSA) is 40.5 Å². The number of allylic oxidation sites excluding steroid dienone is 1. The summed E-state index contributed by atoms with van der Waals surface area (Å²) in [7, 11) is 0. The fourth-order valence-corrected chi connectivity index (χ4v) is 1.50. The largest absolute Gasteiger partial charge is 0.396 e. The van der Waals surface area contributed by atoms with Crippen molar-refractivity contribution in [1.29, 1.82) is 0 Å². The zero-order valence-corrected chi connectivity index (χ0v) is 6.08. The lowest BCUT2D eigenvalue weighted by Crippen LogP contribution is -2.04. The summed E-state index contributed by atoms with van der Waals surface area (Å²) < 4.78 is 0. The van der Waals surface area contributed by atoms with Crippen molar-refractivity contribution in [2.24, 2.45) is 5.92 Å². The Morgan fingerprint density at radius 3 is 2.90 bits per heavy atom. The normalized spacial score (nSPS) is 25.0. The Labute approximate surface area is 61.2 Å². The summed E-state index contributed by atoms with van der Waals surface area (Å²) in [6.07, 6.45) is 5.07. The molecule has 0 aromatic heterocycles. The number of hydrogen-bond acceptors (Lipinski definition) is 2. The zero-order chi connectivity index (χ0) is 7.40. The van der Waals surface area contributed by atoms with Gasteiger partial charge in [0.25, 0.3) is 0 Å². The van der Waals surface area contributed by atoms with Gasteiger partial charge >= 0.3 is 0 Å². The van der Waals surface area contributed by atoms with Gasteiger partial charge in [0, 0.05) is 6.61 Å². The van der Waals surface area contributed by atoms with Gasteiger partial charge in [-0.3, -0.25) is 0 Å². The van der Waals surface area contributed by atoms with Crippen molar-refractivity contribution < 1.29 is 10.2 Å². The van der Waals surface area contributed by atoms with Crippen molar-refractivity contribution in [1.82, 2.24) is 0 Å². The highest BCUT2D eigenvalue weighted by atomic mass is 16.3. The molecule has 2 nitrogen and oxygen atoms in total. The third kappa shape index (κ3) is 1.58. The molecular weight excluding hydrogens is 128 g/mol. The van der Waals surface area contributed by atoms with E-state index in [9.17, 15) is 0 Å². The summed E-state index contributed by atoms with van der Waals surface area (Å²) in [6, 6.07) is 0. The Bertz CT molecular complexity index is 129. The molecule has 0 fully saturated rings. The van der Waals surface area contributed by atoms with Crippen molar-refractivity contribution in [3.05, 3.63) is 11.6 Å². The van der Waals surface area contributed by atoms with Crippen LogP contribution in [0.5, 0.6) is 0 Å². The van der Waals surface area contributed by atoms with Gasteiger partial charge in [-0.2, -0.15) is 0 Å². The molecule has 10 heavy (non-hydrogen) atoms. The van der Waals surface area contributed by atoms with Crippen LogP contribution in [-0.2, 0) is 0 Å². The van der Waals surface area contributed by atoms with E-state index in [2.05, 4.69) is 6.08 Å². The monoisotopic (exact) mass is 142 g/mol. The van der Waals surface area contributed by atoms with E-state index in [-0.39, 0.29) is 13.2 Å². The Morgan fingerprint density at radius 1 is 1.50 bits per heavy atom. The molecule has 0 aliphatic heterocycles. The first-order valence-electron chi connectivity index (χ1n) is 3.79. The van der Waals surface area contributed by atoms with Gasteiger partial charge in [-0.05, 0) is 30.8 Å². The maximum Gasteiger partial charge on any atom is 0.0644 e. The molecule has 0 aromatic carbocycles. The van der Waals surface area contributed by atoms with Gasteiger partial charge in [0.05, 0.1) is 6.61 Å². The van der Waals surface area contributed by atoms with Gasteiger partial charge in [-0.25, -0.2) is 0 Å². The molecule has 0 heterocycles. The lowest BCUT2D eigenvalue weighted by atomic mass is 9.99. The number of hydrogen-bond donors (Lipinski definition) is 2. The Hall–Kier alpha value is -0.340. The van der Waals surface area contributed by atoms with Crippen LogP contribution in [-0.4, -0.2) is 23.4 Å². The molecule has 0 bridgehead atoms. The highest BCUT2D eigenvalue weighted by Gasteiger charge is 2.16. The third-order valence-electron chi connectivity index (χ3n) is 2.11. The van der Waals surface area contributed by atoms with Gasteiger partial charge in [0.1, 0.15) is 0 Å². The summed E-state index contributed by atoms with van der Waals surface area (Å²) in [4.78, 5) is 0. The summed E-state index contributed by atoms with van der Waals surface area (Å²) >= 11 is 0. The minimum absolute atomic E-state index is 0.171. The van der Waals surface area contributed by atoms with Crippen molar-refractivity contribution in [2.75, 3.05) is 13.2 Å². The van der Waals surface area contributed by atoms with Crippen molar-refractivity contribution >= 4 is 0 Å². The van der Waals surface area contributed by atoms with Gasteiger partial charge < -0.3 is 10.2 Å². The minimum Gasteiger partial charge on any atom is -0.396 e. The van der Waals surface area contributed by atoms with Crippen LogP contribution < -0.4 is 0 Å². The molecule has 0 unspecified atom stereocenters. The quantitative estimate of drug-likeness (QED) is 0.569. The highest BCUT2D eigenvalue weighted by Crippen LogP contribution is 2.27. The summed E-state index contributed by atoms with van der Waals surface area (Å²) in [5, 5.41) is 17.4. The van der Waals surface area contributed by atoms with Gasteiger partial charge in [0.2, 0.25) is 0 Å². The molecule has 2 N–H and O–H groups in total. The van der Waals surface area contributed by atoms with Crippen LogP contribution in [0, 0.1) is 5.92 Å². The molecule has 0 aromatic rings. The lowest BCUT2D eigenvalue weighted by Gasteiger charge is -2.09. The minimum atomic E-state index is 0.171. The van der Waals surface area contributed by atoms with E-state index in [4.69, 9.17) is 10.2 Å². The SMILES string of the molecule is OCC[C@@H]1CCC=C1CO. The fourth-order valence-electron chi connectivity index (χ4n) is 1.50. The summed E-state index contributed by atoms with van der Waals surface area (Å²) in [5.74, 6) is 0.454. The first kappa shape index (κ1) is 7.76. The van der Waals surface area contributed by atoms with E-state index in [1.54, 1.807) is 0 Å². The fraction of sp³-hybridized carbons (Fsp3) is 0.750. The van der Waals surface area contributed by atoms with Gasteiger partial charge in [0.15, 0.2) is 0 Å². The van der Waals surface area contributed by atoms with Gasteiger partial charge in [-0.15, -0.1) is 0 Å². The lowest BCUT2D eigenvalue weighted by molar-refractivity contribution is 0.254. The van der Waals surface area contributed by atoms with Crippen LogP contribution in [0.2, 0.25) is 0 Å².